The number of alkyl halides is 1. The van der Waals surface area contributed by atoms with E-state index in [0.29, 0.717) is 10.9 Å². The molecule has 5 heteroatoms. The third-order valence-electron chi connectivity index (χ3n) is 3.78. The Balaban J connectivity index is 0.00000192. The Morgan fingerprint density at radius 2 is 1.70 bits per heavy atom. The van der Waals surface area contributed by atoms with Gasteiger partial charge < -0.3 is 4.74 Å². The van der Waals surface area contributed by atoms with Gasteiger partial charge in [-0.05, 0) is 47.2 Å². The van der Waals surface area contributed by atoms with Crippen molar-refractivity contribution in [2.24, 2.45) is 4.99 Å². The van der Waals surface area contributed by atoms with Gasteiger partial charge in [-0.25, -0.2) is 0 Å². The van der Waals surface area contributed by atoms with Crippen molar-refractivity contribution in [1.29, 1.82) is 0 Å². The van der Waals surface area contributed by atoms with Gasteiger partial charge in [0.05, 0.1) is 0 Å². The average molecular weight is 481 g/mol. The van der Waals surface area contributed by atoms with Crippen LogP contribution in [0.15, 0.2) is 47.5 Å². The smallest absolute Gasteiger partial charge is 0.184 e. The van der Waals surface area contributed by atoms with E-state index >= 15 is 0 Å². The summed E-state index contributed by atoms with van der Waals surface area (Å²) in [6.07, 6.45) is 0. The topological polar surface area (TPSA) is 21.6 Å². The Hall–Kier alpha value is -0.636. The zero-order valence-electron chi connectivity index (χ0n) is 13.0. The molecule has 2 aromatic rings. The number of benzene rings is 2. The molecule has 1 aliphatic rings. The molecule has 1 heterocycles. The van der Waals surface area contributed by atoms with E-state index in [-0.39, 0.29) is 16.5 Å². The van der Waals surface area contributed by atoms with E-state index in [1.54, 1.807) is 0 Å². The van der Waals surface area contributed by atoms with Crippen molar-refractivity contribution >= 4 is 37.8 Å². The maximum Gasteiger partial charge on any atom is 0.184 e. The number of hydrogen-bond donors (Lipinski definition) is 0. The molecular weight excluding hydrogens is 465 g/mol. The van der Waals surface area contributed by atoms with Crippen LogP contribution in [0.4, 0.5) is 0 Å². The molecule has 1 aliphatic heterocycles. The molecule has 23 heavy (non-hydrogen) atoms. The molecule has 0 saturated heterocycles. The van der Waals surface area contributed by atoms with Gasteiger partial charge in [0.2, 0.25) is 0 Å². The van der Waals surface area contributed by atoms with E-state index in [2.05, 4.69) is 93.2 Å². The third-order valence-corrected chi connectivity index (χ3v) is 5.78. The van der Waals surface area contributed by atoms with Gasteiger partial charge in [0.1, 0.15) is 0 Å². The molecule has 2 aromatic carbocycles. The van der Waals surface area contributed by atoms with Crippen molar-refractivity contribution in [2.45, 2.75) is 25.2 Å². The Morgan fingerprint density at radius 1 is 1.04 bits per heavy atom. The first-order valence-electron chi connectivity index (χ1n) is 7.05. The second kappa shape index (κ2) is 7.08. The molecule has 0 N–H and O–H groups in total. The van der Waals surface area contributed by atoms with Crippen LogP contribution in [0, 0.1) is 18.9 Å². The van der Waals surface area contributed by atoms with Crippen molar-refractivity contribution < 1.29 is 21.2 Å². The first-order valence-corrected chi connectivity index (χ1v) is 8.63. The summed E-state index contributed by atoms with van der Waals surface area (Å²) in [6.45, 7) is 6.14. The van der Waals surface area contributed by atoms with Crippen LogP contribution in [-0.2, 0) is 21.2 Å². The molecule has 3 rings (SSSR count). The van der Waals surface area contributed by atoms with Gasteiger partial charge in [-0.1, -0.05) is 59.3 Å². The van der Waals surface area contributed by atoms with Crippen molar-refractivity contribution in [1.82, 2.24) is 0 Å². The van der Waals surface area contributed by atoms with Crippen LogP contribution in [0.2, 0.25) is 0 Å². The van der Waals surface area contributed by atoms with Crippen molar-refractivity contribution in [3.8, 4) is 11.1 Å². The number of ether oxygens (including phenoxy) is 1. The largest absolute Gasteiger partial charge is 0.631 e. The second-order valence-corrected chi connectivity index (χ2v) is 7.86. The Labute approximate surface area is 163 Å². The monoisotopic (exact) mass is 478 g/mol. The molecular formula is C18H16Br2NNiO-. The van der Waals surface area contributed by atoms with Gasteiger partial charge in [-0.3, -0.25) is 20.9 Å². The van der Waals surface area contributed by atoms with Crippen LogP contribution in [0.3, 0.4) is 0 Å². The number of hydrogen-bond acceptors (Lipinski definition) is 2. The summed E-state index contributed by atoms with van der Waals surface area (Å²) in [5.41, 5.74) is 5.81. The molecule has 0 saturated carbocycles. The van der Waals surface area contributed by atoms with Gasteiger partial charge in [-0.15, -0.1) is 0 Å². The van der Waals surface area contributed by atoms with Crippen molar-refractivity contribution in [3.63, 3.8) is 0 Å². The van der Waals surface area contributed by atoms with Gasteiger partial charge >= 0.3 is 0 Å². The predicted molar refractivity (Wildman–Crippen MR) is 98.5 cm³/mol. The minimum atomic E-state index is -0.520. The SMILES string of the molecule is Cc1ccc(-c2ccccc2C)cc1C1=N[C@@](C)(Br)[C-](Br)O1.[Ni]. The number of aliphatic imine (C=N–C) groups is 1. The van der Waals surface area contributed by atoms with Crippen LogP contribution < -0.4 is 0 Å². The predicted octanol–water partition coefficient (Wildman–Crippen LogP) is 5.74. The van der Waals surface area contributed by atoms with Crippen LogP contribution in [-0.4, -0.2) is 10.3 Å². The number of aryl methyl sites for hydroxylation is 2. The van der Waals surface area contributed by atoms with Crippen LogP contribution in [0.5, 0.6) is 0 Å². The zero-order valence-corrected chi connectivity index (χ0v) is 17.1. The van der Waals surface area contributed by atoms with E-state index in [4.69, 9.17) is 4.74 Å². The van der Waals surface area contributed by atoms with E-state index < -0.39 is 4.45 Å². The van der Waals surface area contributed by atoms with Crippen molar-refractivity contribution in [2.75, 3.05) is 0 Å². The molecule has 2 nitrogen and oxygen atoms in total. The summed E-state index contributed by atoms with van der Waals surface area (Å²) in [6, 6.07) is 14.8. The summed E-state index contributed by atoms with van der Waals surface area (Å²) in [5, 5.41) is 0.677. The first kappa shape index (κ1) is 18.7. The summed E-state index contributed by atoms with van der Waals surface area (Å²) in [4.78, 5) is 4.62. The van der Waals surface area contributed by atoms with Gasteiger partial charge in [0.25, 0.3) is 0 Å². The van der Waals surface area contributed by atoms with Gasteiger partial charge in [-0.2, -0.15) is 0 Å². The molecule has 0 unspecified atom stereocenters. The maximum absolute atomic E-state index is 5.80. The molecule has 0 fully saturated rings. The second-order valence-electron chi connectivity index (χ2n) is 5.59. The van der Waals surface area contributed by atoms with Crippen LogP contribution in [0.25, 0.3) is 11.1 Å². The standard InChI is InChI=1S/C18H16Br2NO.Ni/c1-11-6-4-5-7-14(11)13-9-8-12(2)15(10-13)16-21-18(3,20)17(19)22-16;/h4-10H,1-3H3;/q-1;/t18-;/m1./s1. The number of halogens is 2. The van der Waals surface area contributed by atoms with Crippen molar-refractivity contribution in [3.05, 3.63) is 64.2 Å². The minimum Gasteiger partial charge on any atom is -0.631 e. The Morgan fingerprint density at radius 3 is 2.30 bits per heavy atom. The summed E-state index contributed by atoms with van der Waals surface area (Å²) >= 11 is 6.98. The van der Waals surface area contributed by atoms with Gasteiger partial charge in [0.15, 0.2) is 5.90 Å². The van der Waals surface area contributed by atoms with E-state index in [9.17, 15) is 0 Å². The molecule has 1 atom stereocenters. The fraction of sp³-hybridized carbons (Fsp3) is 0.222. The molecule has 0 radical (unpaired) electrons. The quantitative estimate of drug-likeness (QED) is 0.232. The Bertz CT molecular complexity index is 758. The molecule has 124 valence electrons. The fourth-order valence-corrected chi connectivity index (χ4v) is 2.95. The minimum absolute atomic E-state index is 0. The third kappa shape index (κ3) is 3.73. The maximum atomic E-state index is 5.80. The zero-order chi connectivity index (χ0) is 15.9. The molecule has 0 amide bonds. The summed E-state index contributed by atoms with van der Waals surface area (Å²) in [5.74, 6) is 0.638. The molecule has 0 aromatic heterocycles. The van der Waals surface area contributed by atoms with E-state index in [1.807, 2.05) is 6.92 Å². The first-order chi connectivity index (χ1) is 10.4. The summed E-state index contributed by atoms with van der Waals surface area (Å²) < 4.78 is 5.28. The summed E-state index contributed by atoms with van der Waals surface area (Å²) in [7, 11) is 0. The molecule has 0 aliphatic carbocycles. The van der Waals surface area contributed by atoms with Gasteiger partial charge in [0, 0.05) is 26.5 Å². The molecule has 0 bridgehead atoms. The Kier molecular flexibility index (Phi) is 5.76. The average Bonchev–Trinajstić information content (AvgIpc) is 2.74. The van der Waals surface area contributed by atoms with E-state index in [1.165, 1.54) is 16.7 Å². The van der Waals surface area contributed by atoms with E-state index in [0.717, 1.165) is 11.1 Å². The number of nitrogens with zero attached hydrogens (tertiary/aromatic N) is 1. The van der Waals surface area contributed by atoms with Crippen LogP contribution in [0.1, 0.15) is 23.6 Å². The molecule has 0 spiro atoms. The normalized spacial score (nSPS) is 20.7. The number of rotatable bonds is 2. The van der Waals surface area contributed by atoms with Crippen LogP contribution >= 0.6 is 31.9 Å². The fourth-order valence-electron chi connectivity index (χ4n) is 2.47.